The van der Waals surface area contributed by atoms with E-state index in [9.17, 15) is 0 Å². The van der Waals surface area contributed by atoms with Gasteiger partial charge in [0.2, 0.25) is 0 Å². The Hall–Kier alpha value is -5.35. The maximum atomic E-state index is 2.65. The summed E-state index contributed by atoms with van der Waals surface area (Å²) in [5.41, 5.74) is 13.7. The molecule has 0 amide bonds. The van der Waals surface area contributed by atoms with Crippen LogP contribution in [0.25, 0.3) is 55.3 Å². The highest BCUT2D eigenvalue weighted by atomic mass is 32.3. The minimum absolute atomic E-state index is 0.166. The second-order valence-electron chi connectivity index (χ2n) is 16.2. The average Bonchev–Trinajstić information content (AvgIpc) is 3.82. The van der Waals surface area contributed by atoms with Gasteiger partial charge in [0.05, 0.1) is 6.04 Å². The lowest BCUT2D eigenvalue weighted by Gasteiger charge is -2.50. The molecule has 0 fully saturated rings. The van der Waals surface area contributed by atoms with Crippen molar-refractivity contribution < 1.29 is 0 Å². The third kappa shape index (κ3) is 5.06. The van der Waals surface area contributed by atoms with Crippen LogP contribution in [-0.4, -0.2) is 18.8 Å². The molecule has 0 spiro atoms. The van der Waals surface area contributed by atoms with E-state index in [2.05, 4.69) is 181 Å². The molecule has 2 heterocycles. The summed E-state index contributed by atoms with van der Waals surface area (Å²) in [7, 11) is -2.36. The number of fused-ring (bicyclic) bond motifs is 12. The molecule has 10 rings (SSSR count). The first-order valence-corrected chi connectivity index (χ1v) is 23.5. The van der Waals surface area contributed by atoms with Gasteiger partial charge in [0.25, 0.3) is 0 Å². The van der Waals surface area contributed by atoms with E-state index in [1.165, 1.54) is 91.4 Å². The quantitative estimate of drug-likeness (QED) is 0.131. The molecule has 1 aromatic heterocycles. The van der Waals surface area contributed by atoms with Gasteiger partial charge in [-0.1, -0.05) is 134 Å². The van der Waals surface area contributed by atoms with Crippen molar-refractivity contribution >= 4 is 64.9 Å². The molecule has 54 heavy (non-hydrogen) atoms. The van der Waals surface area contributed by atoms with Crippen LogP contribution < -0.4 is 4.90 Å². The molecular formula is C51H45NS2. The first-order chi connectivity index (χ1) is 26.3. The smallest absolute Gasteiger partial charge is 0.0725 e. The summed E-state index contributed by atoms with van der Waals surface area (Å²) in [6.07, 6.45) is 27.0. The van der Waals surface area contributed by atoms with Crippen LogP contribution in [0.2, 0.25) is 0 Å². The van der Waals surface area contributed by atoms with Gasteiger partial charge >= 0.3 is 0 Å². The summed E-state index contributed by atoms with van der Waals surface area (Å²) in [6, 6.07) is 44.2. The van der Waals surface area contributed by atoms with Gasteiger partial charge in [0.15, 0.2) is 0 Å². The van der Waals surface area contributed by atoms with E-state index >= 15 is 0 Å². The monoisotopic (exact) mass is 735 g/mol. The lowest BCUT2D eigenvalue weighted by atomic mass is 9.92. The number of thiol groups is 1. The van der Waals surface area contributed by atoms with Crippen molar-refractivity contribution in [1.82, 2.24) is 0 Å². The van der Waals surface area contributed by atoms with Crippen molar-refractivity contribution in [3.05, 3.63) is 179 Å². The fourth-order valence-electron chi connectivity index (χ4n) is 9.46. The zero-order valence-electron chi connectivity index (χ0n) is 31.4. The summed E-state index contributed by atoms with van der Waals surface area (Å²) in [4.78, 5) is 7.14. The molecule has 1 atom stereocenters. The summed E-state index contributed by atoms with van der Waals surface area (Å²) >= 11 is 2.00. The number of rotatable bonds is 6. The van der Waals surface area contributed by atoms with E-state index in [1.54, 1.807) is 0 Å². The van der Waals surface area contributed by atoms with Gasteiger partial charge in [0, 0.05) is 26.3 Å². The first-order valence-electron chi connectivity index (χ1n) is 19.2. The van der Waals surface area contributed by atoms with Crippen LogP contribution in [0.4, 0.5) is 11.4 Å². The number of hydrogen-bond acceptors (Lipinski definition) is 2. The van der Waals surface area contributed by atoms with Gasteiger partial charge in [-0.25, -0.2) is 9.16 Å². The van der Waals surface area contributed by atoms with Crippen molar-refractivity contribution in [2.45, 2.75) is 35.6 Å². The van der Waals surface area contributed by atoms with Gasteiger partial charge in [-0.05, 0) is 134 Å². The zero-order valence-corrected chi connectivity index (χ0v) is 33.1. The fraction of sp³-hybridized carbons (Fsp3) is 0.137. The molecule has 0 saturated carbocycles. The Labute approximate surface area is 323 Å². The molecule has 0 radical (unpaired) electrons. The van der Waals surface area contributed by atoms with E-state index < -0.39 is 9.16 Å². The maximum Gasteiger partial charge on any atom is 0.0725 e. The van der Waals surface area contributed by atoms with Crippen LogP contribution >= 0.6 is 20.5 Å². The summed E-state index contributed by atoms with van der Waals surface area (Å²) < 4.78 is 1.38. The number of nitrogens with zero attached hydrogens (tertiary/aromatic N) is 1. The maximum absolute atomic E-state index is 2.65. The van der Waals surface area contributed by atoms with Crippen molar-refractivity contribution in [1.29, 1.82) is 0 Å². The summed E-state index contributed by atoms with van der Waals surface area (Å²) in [5, 5.41) is 4.14. The molecule has 1 unspecified atom stereocenters. The molecule has 6 aromatic carbocycles. The van der Waals surface area contributed by atoms with Gasteiger partial charge in [-0.2, -0.15) is 0 Å². The Morgan fingerprint density at radius 1 is 0.704 bits per heavy atom. The highest BCUT2D eigenvalue weighted by Gasteiger charge is 2.41. The van der Waals surface area contributed by atoms with Crippen molar-refractivity contribution in [3.63, 3.8) is 0 Å². The second-order valence-corrected chi connectivity index (χ2v) is 23.9. The minimum Gasteiger partial charge on any atom is -0.333 e. The molecule has 2 aliphatic carbocycles. The number of hydrogen-bond donors (Lipinski definition) is 1. The normalized spacial score (nSPS) is 18.1. The van der Waals surface area contributed by atoms with Crippen molar-refractivity contribution in [2.24, 2.45) is 0 Å². The Balaban J connectivity index is 1.13. The highest BCUT2D eigenvalue weighted by molar-refractivity contribution is 8.48. The van der Waals surface area contributed by atoms with Gasteiger partial charge in [-0.3, -0.25) is 0 Å². The SMILES string of the molecule is C\C=C/C=C\C=C\c1ccc(N(c2ccc3c(c2)[SH](C)(C)(C)c2ccccc2-3)C2CC=Cc3c2sc2ccc4c(c32)-c2ccc3ccccc3c2C4)cc1. The third-order valence-corrected chi connectivity index (χ3v) is 17.5. The zero-order chi connectivity index (χ0) is 36.6. The van der Waals surface area contributed by atoms with Crippen LogP contribution in [0.1, 0.15) is 46.5 Å². The van der Waals surface area contributed by atoms with Crippen LogP contribution in [0.15, 0.2) is 162 Å². The molecule has 0 N–H and O–H groups in total. The van der Waals surface area contributed by atoms with Crippen molar-refractivity contribution in [2.75, 3.05) is 23.7 Å². The molecule has 266 valence electrons. The first kappa shape index (κ1) is 33.2. The average molecular weight is 736 g/mol. The van der Waals surface area contributed by atoms with E-state index in [1.807, 2.05) is 24.3 Å². The van der Waals surface area contributed by atoms with Crippen molar-refractivity contribution in [3.8, 4) is 22.3 Å². The fourth-order valence-corrected chi connectivity index (χ4v) is 14.3. The number of anilines is 2. The summed E-state index contributed by atoms with van der Waals surface area (Å²) in [5.74, 6) is 0. The standard InChI is InChI=1S/C51H45NS2/c1-5-6-7-8-9-15-34-22-26-37(27-23-34)52(38-28-30-41-40-18-12-13-21-47(40)54(2,3,4)48(41)33-38)45-20-14-19-43-50-46(53-51(43)45)31-25-36-32-44-39-17-11-10-16-35(39)24-29-42(44)49(36)50/h5-19,21-31,33,45,54H,20,32H2,1-4H3/b6-5-,8-7-,15-9+. The van der Waals surface area contributed by atoms with E-state index in [4.69, 9.17) is 0 Å². The minimum atomic E-state index is -2.36. The topological polar surface area (TPSA) is 3.24 Å². The Morgan fingerprint density at radius 2 is 1.46 bits per heavy atom. The molecule has 3 aliphatic rings. The van der Waals surface area contributed by atoms with E-state index in [0.717, 1.165) is 12.8 Å². The predicted molar refractivity (Wildman–Crippen MR) is 241 cm³/mol. The number of benzene rings is 6. The second kappa shape index (κ2) is 12.3. The van der Waals surface area contributed by atoms with Crippen LogP contribution in [0, 0.1) is 0 Å². The molecule has 7 aromatic rings. The lowest BCUT2D eigenvalue weighted by molar-refractivity contribution is 0.716. The Morgan fingerprint density at radius 3 is 2.33 bits per heavy atom. The van der Waals surface area contributed by atoms with Gasteiger partial charge < -0.3 is 4.90 Å². The van der Waals surface area contributed by atoms with E-state index in [0.29, 0.717) is 0 Å². The Bertz CT molecular complexity index is 2780. The van der Waals surface area contributed by atoms with Gasteiger partial charge in [-0.15, -0.1) is 11.3 Å². The molecular weight excluding hydrogens is 691 g/mol. The number of thiophene rings is 1. The molecule has 0 bridgehead atoms. The largest absolute Gasteiger partial charge is 0.333 e. The third-order valence-electron chi connectivity index (χ3n) is 12.1. The number of allylic oxidation sites excluding steroid dienone is 5. The molecule has 3 heteroatoms. The predicted octanol–water partition coefficient (Wildman–Crippen LogP) is 14.4. The van der Waals surface area contributed by atoms with Crippen LogP contribution in [0.3, 0.4) is 0 Å². The molecule has 1 aliphatic heterocycles. The van der Waals surface area contributed by atoms with Crippen LogP contribution in [0.5, 0.6) is 0 Å². The summed E-state index contributed by atoms with van der Waals surface area (Å²) in [6.45, 7) is 2.04. The Kier molecular flexibility index (Phi) is 7.60. The van der Waals surface area contributed by atoms with Crippen LogP contribution in [-0.2, 0) is 6.42 Å². The van der Waals surface area contributed by atoms with E-state index in [-0.39, 0.29) is 6.04 Å². The van der Waals surface area contributed by atoms with Gasteiger partial charge in [0.1, 0.15) is 0 Å². The molecule has 0 saturated heterocycles. The lowest BCUT2D eigenvalue weighted by Crippen LogP contribution is -2.25. The highest BCUT2D eigenvalue weighted by Crippen LogP contribution is 2.80. The molecule has 1 nitrogen and oxygen atoms in total.